The van der Waals surface area contributed by atoms with Gasteiger partial charge in [0.2, 0.25) is 0 Å². The van der Waals surface area contributed by atoms with Crippen molar-refractivity contribution in [1.82, 2.24) is 4.57 Å². The third-order valence-electron chi connectivity index (χ3n) is 3.52. The van der Waals surface area contributed by atoms with Crippen LogP contribution in [0.5, 0.6) is 5.75 Å². The van der Waals surface area contributed by atoms with Crippen LogP contribution in [0.15, 0.2) is 41.0 Å². The summed E-state index contributed by atoms with van der Waals surface area (Å²) in [7, 11) is 1.74. The van der Waals surface area contributed by atoms with E-state index in [1.54, 1.807) is 36.2 Å². The van der Waals surface area contributed by atoms with Gasteiger partial charge in [-0.3, -0.25) is 4.79 Å². The number of phenols is 1. The highest BCUT2D eigenvalue weighted by Gasteiger charge is 2.29. The monoisotopic (exact) mass is 334 g/mol. The van der Waals surface area contributed by atoms with Gasteiger partial charge in [-0.2, -0.15) is 0 Å². The second kappa shape index (κ2) is 4.98. The molecular weight excluding hydrogens is 320 g/mol. The van der Waals surface area contributed by atoms with Crippen LogP contribution in [0.25, 0.3) is 0 Å². The summed E-state index contributed by atoms with van der Waals surface area (Å²) >= 11 is 3.44. The minimum absolute atomic E-state index is 0.0479. The number of hydrogen-bond donors (Lipinski definition) is 1. The van der Waals surface area contributed by atoms with Crippen molar-refractivity contribution in [3.05, 3.63) is 46.7 Å². The largest absolute Gasteiger partial charge is 0.508 e. The van der Waals surface area contributed by atoms with E-state index in [1.165, 1.54) is 0 Å². The summed E-state index contributed by atoms with van der Waals surface area (Å²) in [6.07, 6.45) is 4.23. The predicted molar refractivity (Wildman–Crippen MR) is 81.2 cm³/mol. The fourth-order valence-corrected chi connectivity index (χ4v) is 2.67. The molecule has 3 rings (SSSR count). The highest BCUT2D eigenvalue weighted by atomic mass is 79.9. The van der Waals surface area contributed by atoms with Crippen molar-refractivity contribution < 1.29 is 9.90 Å². The first-order valence-electron chi connectivity index (χ1n) is 6.51. The molecule has 1 aromatic heterocycles. The first-order valence-corrected chi connectivity index (χ1v) is 7.30. The van der Waals surface area contributed by atoms with Crippen LogP contribution in [-0.2, 0) is 0 Å². The van der Waals surface area contributed by atoms with E-state index >= 15 is 0 Å². The molecule has 1 amide bonds. The molecule has 0 spiro atoms. The Morgan fingerprint density at radius 2 is 2.00 bits per heavy atom. The number of benzene rings is 1. The molecule has 1 aromatic carbocycles. The number of anilines is 1. The van der Waals surface area contributed by atoms with E-state index in [4.69, 9.17) is 0 Å². The van der Waals surface area contributed by atoms with Gasteiger partial charge in [-0.25, -0.2) is 0 Å². The van der Waals surface area contributed by atoms with E-state index < -0.39 is 0 Å². The maximum atomic E-state index is 12.6. The number of carbonyl (C=O) groups excluding carboxylic acids is 1. The number of amides is 1. The number of phenolic OH excluding ortho intramolecular Hbond substituents is 1. The first kappa shape index (κ1) is 13.2. The van der Waals surface area contributed by atoms with E-state index in [1.807, 2.05) is 16.8 Å². The number of rotatable bonds is 3. The zero-order valence-corrected chi connectivity index (χ0v) is 12.7. The summed E-state index contributed by atoms with van der Waals surface area (Å²) < 4.78 is 2.97. The van der Waals surface area contributed by atoms with Gasteiger partial charge in [0.05, 0.1) is 0 Å². The Kier molecular flexibility index (Phi) is 3.30. The molecule has 0 radical (unpaired) electrons. The van der Waals surface area contributed by atoms with Crippen LogP contribution in [-0.4, -0.2) is 22.6 Å². The van der Waals surface area contributed by atoms with Crippen LogP contribution >= 0.6 is 15.9 Å². The molecule has 5 heteroatoms. The maximum Gasteiger partial charge on any atom is 0.274 e. The van der Waals surface area contributed by atoms with Gasteiger partial charge in [0.25, 0.3) is 5.91 Å². The van der Waals surface area contributed by atoms with Crippen molar-refractivity contribution in [3.63, 3.8) is 0 Å². The minimum Gasteiger partial charge on any atom is -0.508 e. The molecule has 1 aliphatic carbocycles. The average Bonchev–Trinajstić information content (AvgIpc) is 3.21. The molecule has 1 saturated carbocycles. The topological polar surface area (TPSA) is 45.5 Å². The summed E-state index contributed by atoms with van der Waals surface area (Å²) in [5.41, 5.74) is 1.45. The normalized spacial score (nSPS) is 14.3. The lowest BCUT2D eigenvalue weighted by Crippen LogP contribution is -2.28. The number of halogens is 1. The second-order valence-corrected chi connectivity index (χ2v) is 5.98. The van der Waals surface area contributed by atoms with Crippen molar-refractivity contribution in [1.29, 1.82) is 0 Å². The van der Waals surface area contributed by atoms with E-state index in [-0.39, 0.29) is 11.7 Å². The minimum atomic E-state index is -0.0479. The molecule has 0 atom stereocenters. The molecule has 1 heterocycles. The molecule has 104 valence electrons. The Hall–Kier alpha value is -1.75. The van der Waals surface area contributed by atoms with Gasteiger partial charge < -0.3 is 14.6 Å². The van der Waals surface area contributed by atoms with E-state index in [0.717, 1.165) is 23.0 Å². The quantitative estimate of drug-likeness (QED) is 0.932. The van der Waals surface area contributed by atoms with Crippen molar-refractivity contribution in [2.24, 2.45) is 0 Å². The molecule has 1 fully saturated rings. The number of aromatic nitrogens is 1. The third kappa shape index (κ3) is 2.45. The lowest BCUT2D eigenvalue weighted by molar-refractivity contribution is 0.0984. The van der Waals surface area contributed by atoms with Gasteiger partial charge >= 0.3 is 0 Å². The predicted octanol–water partition coefficient (Wildman–Crippen LogP) is 3.57. The Bertz CT molecular complexity index is 644. The molecule has 1 N–H and O–H groups in total. The van der Waals surface area contributed by atoms with E-state index in [9.17, 15) is 9.90 Å². The van der Waals surface area contributed by atoms with Gasteiger partial charge in [0.15, 0.2) is 0 Å². The Labute approximate surface area is 125 Å². The lowest BCUT2D eigenvalue weighted by atomic mass is 10.2. The highest BCUT2D eigenvalue weighted by Crippen LogP contribution is 2.38. The molecule has 0 saturated heterocycles. The van der Waals surface area contributed by atoms with Crippen LogP contribution in [0.4, 0.5) is 5.69 Å². The van der Waals surface area contributed by atoms with Crippen LogP contribution in [0.1, 0.15) is 29.4 Å². The molecule has 20 heavy (non-hydrogen) atoms. The zero-order chi connectivity index (χ0) is 14.3. The van der Waals surface area contributed by atoms with Crippen LogP contribution in [0.3, 0.4) is 0 Å². The third-order valence-corrected chi connectivity index (χ3v) is 3.95. The number of aromatic hydroxyl groups is 1. The van der Waals surface area contributed by atoms with Crippen LogP contribution in [0, 0.1) is 0 Å². The SMILES string of the molecule is CN(C(=O)c1cc(Br)cn1C1CC1)c1ccc(O)cc1. The summed E-state index contributed by atoms with van der Waals surface area (Å²) in [5, 5.41) is 9.31. The first-order chi connectivity index (χ1) is 9.56. The Morgan fingerprint density at radius 1 is 1.35 bits per heavy atom. The van der Waals surface area contributed by atoms with Crippen LogP contribution in [0.2, 0.25) is 0 Å². The maximum absolute atomic E-state index is 12.6. The Morgan fingerprint density at radius 3 is 2.60 bits per heavy atom. The van der Waals surface area contributed by atoms with Crippen molar-refractivity contribution in [2.45, 2.75) is 18.9 Å². The Balaban J connectivity index is 1.90. The summed E-state index contributed by atoms with van der Waals surface area (Å²) in [4.78, 5) is 14.2. The number of nitrogens with zero attached hydrogens (tertiary/aromatic N) is 2. The second-order valence-electron chi connectivity index (χ2n) is 5.06. The molecular formula is C15H15BrN2O2. The zero-order valence-electron chi connectivity index (χ0n) is 11.1. The molecule has 4 nitrogen and oxygen atoms in total. The van der Waals surface area contributed by atoms with Gasteiger partial charge in [-0.05, 0) is 59.1 Å². The molecule has 0 bridgehead atoms. The van der Waals surface area contributed by atoms with Crippen LogP contribution < -0.4 is 4.90 Å². The van der Waals surface area contributed by atoms with Gasteiger partial charge in [-0.15, -0.1) is 0 Å². The lowest BCUT2D eigenvalue weighted by Gasteiger charge is -2.18. The molecule has 0 unspecified atom stereocenters. The van der Waals surface area contributed by atoms with Crippen molar-refractivity contribution >= 4 is 27.5 Å². The number of carbonyl (C=O) groups is 1. The standard InChI is InChI=1S/C15H15BrN2O2/c1-17(11-4-6-13(19)7-5-11)15(20)14-8-10(16)9-18(14)12-2-3-12/h4-9,12,19H,2-3H2,1H3. The summed E-state index contributed by atoms with van der Waals surface area (Å²) in [6, 6.07) is 8.93. The van der Waals surface area contributed by atoms with Gasteiger partial charge in [0, 0.05) is 29.4 Å². The molecule has 0 aliphatic heterocycles. The fourth-order valence-electron chi connectivity index (χ4n) is 2.24. The highest BCUT2D eigenvalue weighted by molar-refractivity contribution is 9.10. The molecule has 1 aliphatic rings. The number of hydrogen-bond acceptors (Lipinski definition) is 2. The van der Waals surface area contributed by atoms with Gasteiger partial charge in [-0.1, -0.05) is 0 Å². The van der Waals surface area contributed by atoms with E-state index in [2.05, 4.69) is 15.9 Å². The average molecular weight is 335 g/mol. The van der Waals surface area contributed by atoms with Crippen molar-refractivity contribution in [2.75, 3.05) is 11.9 Å². The van der Waals surface area contributed by atoms with Crippen molar-refractivity contribution in [3.8, 4) is 5.75 Å². The fraction of sp³-hybridized carbons (Fsp3) is 0.267. The van der Waals surface area contributed by atoms with Gasteiger partial charge in [0.1, 0.15) is 11.4 Å². The summed E-state index contributed by atoms with van der Waals surface area (Å²) in [6.45, 7) is 0. The summed E-state index contributed by atoms with van der Waals surface area (Å²) in [5.74, 6) is 0.145. The molecule has 2 aromatic rings. The van der Waals surface area contributed by atoms with E-state index in [0.29, 0.717) is 11.7 Å². The smallest absolute Gasteiger partial charge is 0.274 e.